The highest BCUT2D eigenvalue weighted by Gasteiger charge is 2.32. The van der Waals surface area contributed by atoms with E-state index in [1.165, 1.54) is 12.8 Å². The Morgan fingerprint density at radius 3 is 2.61 bits per heavy atom. The predicted molar refractivity (Wildman–Crippen MR) is 69.4 cm³/mol. The highest BCUT2D eigenvalue weighted by atomic mass is 16.7. The Morgan fingerprint density at radius 2 is 2.06 bits per heavy atom. The van der Waals surface area contributed by atoms with Crippen molar-refractivity contribution in [1.29, 1.82) is 0 Å². The number of ether oxygens (including phenoxy) is 1. The van der Waals surface area contributed by atoms with Gasteiger partial charge in [-0.1, -0.05) is 27.2 Å². The number of hydrogen-bond acceptors (Lipinski definition) is 3. The summed E-state index contributed by atoms with van der Waals surface area (Å²) in [7, 11) is 0. The smallest absolute Gasteiger partial charge is 0.450 e. The first-order valence-electron chi connectivity index (χ1n) is 6.94. The summed E-state index contributed by atoms with van der Waals surface area (Å²) in [6.07, 6.45) is 2.29. The van der Waals surface area contributed by atoms with Crippen molar-refractivity contribution >= 4 is 6.16 Å². The van der Waals surface area contributed by atoms with Gasteiger partial charge in [0.15, 0.2) is 0 Å². The van der Waals surface area contributed by atoms with Crippen molar-refractivity contribution in [2.24, 2.45) is 23.7 Å². The molecule has 4 unspecified atom stereocenters. The standard InChI is InChI=1S/C14H26O4/c1-9(2)13-5-4-10(3)6-11(13)7-12(15)8-18-14(16)17/h9-13,15H,4-8H2,1-3H3,(H,16,17). The van der Waals surface area contributed by atoms with Gasteiger partial charge in [0.2, 0.25) is 0 Å². The Balaban J connectivity index is 2.47. The van der Waals surface area contributed by atoms with E-state index < -0.39 is 12.3 Å². The predicted octanol–water partition coefficient (Wildman–Crippen LogP) is 3.14. The Bertz CT molecular complexity index is 265. The average Bonchev–Trinajstić information content (AvgIpc) is 2.26. The zero-order chi connectivity index (χ0) is 13.7. The van der Waals surface area contributed by atoms with Crippen LogP contribution in [0.25, 0.3) is 0 Å². The second kappa shape index (κ2) is 6.98. The number of rotatable bonds is 5. The normalized spacial score (nSPS) is 30.2. The van der Waals surface area contributed by atoms with Crippen molar-refractivity contribution in [3.63, 3.8) is 0 Å². The molecule has 0 aromatic carbocycles. The summed E-state index contributed by atoms with van der Waals surface area (Å²) in [4.78, 5) is 10.3. The van der Waals surface area contributed by atoms with E-state index in [4.69, 9.17) is 5.11 Å². The van der Waals surface area contributed by atoms with Gasteiger partial charge < -0.3 is 14.9 Å². The molecule has 106 valence electrons. The summed E-state index contributed by atoms with van der Waals surface area (Å²) < 4.78 is 4.43. The molecule has 2 N–H and O–H groups in total. The Hall–Kier alpha value is -0.770. The van der Waals surface area contributed by atoms with E-state index in [0.717, 1.165) is 6.42 Å². The first-order valence-corrected chi connectivity index (χ1v) is 6.94. The van der Waals surface area contributed by atoms with Gasteiger partial charge in [0.05, 0.1) is 6.10 Å². The van der Waals surface area contributed by atoms with Gasteiger partial charge in [-0.25, -0.2) is 4.79 Å². The molecule has 1 saturated carbocycles. The SMILES string of the molecule is CC1CCC(C(C)C)C(CC(O)COC(=O)O)C1. The van der Waals surface area contributed by atoms with Gasteiger partial charge >= 0.3 is 6.16 Å². The maximum atomic E-state index is 10.3. The quantitative estimate of drug-likeness (QED) is 0.743. The van der Waals surface area contributed by atoms with Crippen molar-refractivity contribution in [3.05, 3.63) is 0 Å². The lowest BCUT2D eigenvalue weighted by atomic mass is 9.68. The highest BCUT2D eigenvalue weighted by molar-refractivity contribution is 5.56. The third-order valence-electron chi connectivity index (χ3n) is 4.13. The average molecular weight is 258 g/mol. The maximum absolute atomic E-state index is 10.3. The topological polar surface area (TPSA) is 66.8 Å². The second-order valence-corrected chi connectivity index (χ2v) is 6.05. The van der Waals surface area contributed by atoms with E-state index >= 15 is 0 Å². The molecule has 0 radical (unpaired) electrons. The highest BCUT2D eigenvalue weighted by Crippen LogP contribution is 2.40. The van der Waals surface area contributed by atoms with Gasteiger partial charge in [-0.05, 0) is 42.9 Å². The van der Waals surface area contributed by atoms with Crippen molar-refractivity contribution in [1.82, 2.24) is 0 Å². The summed E-state index contributed by atoms with van der Waals surface area (Å²) in [6, 6.07) is 0. The van der Waals surface area contributed by atoms with Crippen LogP contribution in [0, 0.1) is 23.7 Å². The largest absolute Gasteiger partial charge is 0.505 e. The molecule has 4 nitrogen and oxygen atoms in total. The molecule has 0 spiro atoms. The fourth-order valence-electron chi connectivity index (χ4n) is 3.26. The molecular formula is C14H26O4. The Kier molecular flexibility index (Phi) is 5.93. The summed E-state index contributed by atoms with van der Waals surface area (Å²) in [5.74, 6) is 2.45. The third-order valence-corrected chi connectivity index (χ3v) is 4.13. The lowest BCUT2D eigenvalue weighted by molar-refractivity contribution is 0.0131. The van der Waals surface area contributed by atoms with Crippen molar-refractivity contribution < 1.29 is 19.7 Å². The zero-order valence-corrected chi connectivity index (χ0v) is 11.6. The molecule has 4 atom stereocenters. The number of aliphatic hydroxyl groups excluding tert-OH is 1. The molecule has 0 bridgehead atoms. The van der Waals surface area contributed by atoms with Crippen LogP contribution in [0.1, 0.15) is 46.5 Å². The maximum Gasteiger partial charge on any atom is 0.505 e. The van der Waals surface area contributed by atoms with Gasteiger partial charge in [0, 0.05) is 0 Å². The van der Waals surface area contributed by atoms with Gasteiger partial charge in [-0.15, -0.1) is 0 Å². The van der Waals surface area contributed by atoms with Crippen LogP contribution in [0.3, 0.4) is 0 Å². The van der Waals surface area contributed by atoms with Crippen LogP contribution in [0.15, 0.2) is 0 Å². The van der Waals surface area contributed by atoms with Crippen LogP contribution in [-0.2, 0) is 4.74 Å². The number of aliphatic hydroxyl groups is 1. The van der Waals surface area contributed by atoms with Gasteiger partial charge in [-0.2, -0.15) is 0 Å². The van der Waals surface area contributed by atoms with E-state index in [-0.39, 0.29) is 6.61 Å². The fourth-order valence-corrected chi connectivity index (χ4v) is 3.26. The monoisotopic (exact) mass is 258 g/mol. The minimum absolute atomic E-state index is 0.106. The van der Waals surface area contributed by atoms with Crippen molar-refractivity contribution in [3.8, 4) is 0 Å². The van der Waals surface area contributed by atoms with Crippen LogP contribution in [0.2, 0.25) is 0 Å². The van der Waals surface area contributed by atoms with Crippen LogP contribution < -0.4 is 0 Å². The van der Waals surface area contributed by atoms with E-state index in [1.54, 1.807) is 0 Å². The van der Waals surface area contributed by atoms with Gasteiger partial charge in [0.1, 0.15) is 6.61 Å². The molecule has 0 aromatic heterocycles. The zero-order valence-electron chi connectivity index (χ0n) is 11.6. The van der Waals surface area contributed by atoms with Crippen molar-refractivity contribution in [2.75, 3.05) is 6.61 Å². The van der Waals surface area contributed by atoms with Crippen molar-refractivity contribution in [2.45, 2.75) is 52.6 Å². The molecule has 0 amide bonds. The van der Waals surface area contributed by atoms with Crippen LogP contribution >= 0.6 is 0 Å². The molecule has 1 aliphatic rings. The fraction of sp³-hybridized carbons (Fsp3) is 0.929. The molecular weight excluding hydrogens is 232 g/mol. The van der Waals surface area contributed by atoms with Gasteiger partial charge in [0.25, 0.3) is 0 Å². The van der Waals surface area contributed by atoms with Crippen LogP contribution in [-0.4, -0.2) is 29.1 Å². The first-order chi connectivity index (χ1) is 8.40. The van der Waals surface area contributed by atoms with E-state index in [0.29, 0.717) is 30.1 Å². The molecule has 4 heteroatoms. The molecule has 0 aromatic rings. The van der Waals surface area contributed by atoms with Crippen LogP contribution in [0.4, 0.5) is 4.79 Å². The molecule has 1 rings (SSSR count). The Morgan fingerprint density at radius 1 is 1.39 bits per heavy atom. The minimum atomic E-state index is -1.31. The minimum Gasteiger partial charge on any atom is -0.450 e. The Labute approximate surface area is 109 Å². The molecule has 18 heavy (non-hydrogen) atoms. The van der Waals surface area contributed by atoms with E-state index in [2.05, 4.69) is 25.5 Å². The number of hydrogen-bond donors (Lipinski definition) is 2. The lowest BCUT2D eigenvalue weighted by Crippen LogP contribution is -2.32. The number of carbonyl (C=O) groups is 1. The molecule has 1 aliphatic carbocycles. The van der Waals surface area contributed by atoms with E-state index in [9.17, 15) is 9.90 Å². The van der Waals surface area contributed by atoms with Gasteiger partial charge in [-0.3, -0.25) is 0 Å². The third kappa shape index (κ3) is 4.84. The summed E-state index contributed by atoms with van der Waals surface area (Å²) in [5, 5.41) is 18.3. The summed E-state index contributed by atoms with van der Waals surface area (Å²) in [6.45, 7) is 6.61. The molecule has 0 heterocycles. The molecule has 0 aliphatic heterocycles. The summed E-state index contributed by atoms with van der Waals surface area (Å²) in [5.41, 5.74) is 0. The molecule has 1 fully saturated rings. The first kappa shape index (κ1) is 15.3. The second-order valence-electron chi connectivity index (χ2n) is 6.05. The summed E-state index contributed by atoms with van der Waals surface area (Å²) >= 11 is 0. The van der Waals surface area contributed by atoms with Crippen LogP contribution in [0.5, 0.6) is 0 Å². The number of carboxylic acid groups (broad SMARTS) is 1. The lowest BCUT2D eigenvalue weighted by Gasteiger charge is -2.38. The molecule has 0 saturated heterocycles. The van der Waals surface area contributed by atoms with E-state index in [1.807, 2.05) is 0 Å².